The fourth-order valence-electron chi connectivity index (χ4n) is 10.1. The van der Waals surface area contributed by atoms with E-state index < -0.39 is 30.8 Å². The molecule has 68 heavy (non-hydrogen) atoms. The van der Waals surface area contributed by atoms with Gasteiger partial charge >= 0.3 is 6.18 Å². The highest BCUT2D eigenvalue weighted by Gasteiger charge is 2.41. The normalized spacial score (nSPS) is 18.9. The molecule has 1 atom stereocenters. The van der Waals surface area contributed by atoms with Crippen LogP contribution in [-0.4, -0.2) is 125 Å². The number of H-pyrrole nitrogens is 1. The molecule has 0 bridgehead atoms. The van der Waals surface area contributed by atoms with Crippen LogP contribution in [0.3, 0.4) is 0 Å². The molecule has 19 heteroatoms. The largest absolute Gasteiger partial charge is 0.493 e. The van der Waals surface area contributed by atoms with Gasteiger partial charge in [0.25, 0.3) is 5.91 Å². The van der Waals surface area contributed by atoms with Crippen molar-refractivity contribution in [1.29, 1.82) is 0 Å². The van der Waals surface area contributed by atoms with E-state index in [-0.39, 0.29) is 36.4 Å². The van der Waals surface area contributed by atoms with Crippen molar-refractivity contribution >= 4 is 70.0 Å². The van der Waals surface area contributed by atoms with E-state index in [0.717, 1.165) is 69.5 Å². The zero-order chi connectivity index (χ0) is 47.7. The molecule has 6 heterocycles. The molecule has 3 fully saturated rings. The van der Waals surface area contributed by atoms with E-state index in [2.05, 4.69) is 45.6 Å². The van der Waals surface area contributed by atoms with Crippen molar-refractivity contribution in [2.45, 2.75) is 76.7 Å². The number of imide groups is 1. The maximum atomic E-state index is 14.9. The third-order valence-corrected chi connectivity index (χ3v) is 15.2. The van der Waals surface area contributed by atoms with Crippen LogP contribution in [0.15, 0.2) is 66.9 Å². The number of para-hydroxylation sites is 1. The first-order valence-corrected chi connectivity index (χ1v) is 26.1. The van der Waals surface area contributed by atoms with Crippen molar-refractivity contribution in [3.05, 3.63) is 89.1 Å². The van der Waals surface area contributed by atoms with Crippen molar-refractivity contribution in [2.75, 3.05) is 81.3 Å². The predicted octanol–water partition coefficient (Wildman–Crippen LogP) is 7.48. The molecule has 4 N–H and O–H groups in total. The Morgan fingerprint density at radius 3 is 2.40 bits per heavy atom. The molecule has 4 aliphatic heterocycles. The minimum absolute atomic E-state index is 0.0142. The number of hydrogen-bond acceptors (Lipinski definition) is 12. The number of rotatable bonds is 15. The van der Waals surface area contributed by atoms with E-state index in [1.807, 2.05) is 25.1 Å². The third kappa shape index (κ3) is 10.1. The van der Waals surface area contributed by atoms with Crippen LogP contribution < -0.4 is 30.9 Å². The number of alkyl halides is 3. The molecule has 3 amide bonds. The molecule has 4 aliphatic rings. The predicted molar refractivity (Wildman–Crippen MR) is 257 cm³/mol. The van der Waals surface area contributed by atoms with Gasteiger partial charge < -0.3 is 39.6 Å². The van der Waals surface area contributed by atoms with Gasteiger partial charge in [-0.3, -0.25) is 24.6 Å². The summed E-state index contributed by atoms with van der Waals surface area (Å²) < 4.78 is 64.1. The van der Waals surface area contributed by atoms with Crippen LogP contribution in [0.5, 0.6) is 5.75 Å². The lowest BCUT2D eigenvalue weighted by atomic mass is 9.98. The second-order valence-corrected chi connectivity index (χ2v) is 21.6. The Bertz CT molecular complexity index is 2740. The van der Waals surface area contributed by atoms with E-state index in [1.54, 1.807) is 55.9 Å². The standard InChI is InChI=1S/C49H58F3N10O5P/c1-4-31-28-38(55-48-57-44-34(16-19-53-44)45(58-48)54-37-11-5-6-13-42(37)68(2,3)66)36(49(50,51)52)29-40(31)61-21-17-32(18-22-61)60-25-23-59(24-26-60)20-7-8-27-67-41-12-9-10-33-35(41)30-62(47(33)65)39-14-15-43(63)56-46(39)64/h5-6,9-13,16,19,28-29,32,39H,4,7-8,14-15,17-18,20-27,30H2,1-3H3,(H,56,63,64)(H3,53,54,55,57,58). The Kier molecular flexibility index (Phi) is 13.6. The molecule has 5 aromatic rings. The quantitative estimate of drug-likeness (QED) is 0.0465. The molecule has 3 saturated heterocycles. The number of benzene rings is 3. The second kappa shape index (κ2) is 19.6. The highest BCUT2D eigenvalue weighted by atomic mass is 31.2. The van der Waals surface area contributed by atoms with E-state index in [0.29, 0.717) is 83.4 Å². The molecule has 360 valence electrons. The summed E-state index contributed by atoms with van der Waals surface area (Å²) in [4.78, 5) is 58.2. The average molecular weight is 955 g/mol. The topological polar surface area (TPSA) is 168 Å². The number of nitrogens with one attached hydrogen (secondary N) is 4. The van der Waals surface area contributed by atoms with Gasteiger partial charge in [0.05, 0.1) is 35.5 Å². The fourth-order valence-corrected chi connectivity index (χ4v) is 11.2. The van der Waals surface area contributed by atoms with Crippen LogP contribution in [0.25, 0.3) is 11.0 Å². The van der Waals surface area contributed by atoms with Gasteiger partial charge in [0.1, 0.15) is 30.4 Å². The average Bonchev–Trinajstić information content (AvgIpc) is 3.93. The molecular formula is C49H58F3N10O5P. The monoisotopic (exact) mass is 954 g/mol. The molecule has 0 spiro atoms. The van der Waals surface area contributed by atoms with E-state index in [9.17, 15) is 32.1 Å². The molecular weight excluding hydrogens is 897 g/mol. The minimum atomic E-state index is -4.65. The Balaban J connectivity index is 0.770. The summed E-state index contributed by atoms with van der Waals surface area (Å²) in [6, 6.07) is 17.0. The molecule has 0 radical (unpaired) electrons. The maximum Gasteiger partial charge on any atom is 0.418 e. The number of piperazine rings is 1. The first kappa shape index (κ1) is 47.1. The number of carbonyl (C=O) groups is 3. The zero-order valence-electron chi connectivity index (χ0n) is 38.6. The van der Waals surface area contributed by atoms with Crippen LogP contribution in [0.4, 0.5) is 42.0 Å². The number of piperidine rings is 2. The van der Waals surface area contributed by atoms with Crippen molar-refractivity contribution in [1.82, 2.24) is 35.0 Å². The zero-order valence-corrected chi connectivity index (χ0v) is 39.5. The maximum absolute atomic E-state index is 14.9. The first-order chi connectivity index (χ1) is 32.6. The van der Waals surface area contributed by atoms with Crippen LogP contribution >= 0.6 is 7.14 Å². The Morgan fingerprint density at radius 2 is 1.66 bits per heavy atom. The molecule has 0 aliphatic carbocycles. The van der Waals surface area contributed by atoms with Gasteiger partial charge in [-0.2, -0.15) is 23.1 Å². The third-order valence-electron chi connectivity index (χ3n) is 13.7. The summed E-state index contributed by atoms with van der Waals surface area (Å²) in [5.74, 6) is 0.0306. The van der Waals surface area contributed by atoms with Crippen LogP contribution in [0, 0.1) is 0 Å². The number of nitrogens with zero attached hydrogens (tertiary/aromatic N) is 6. The summed E-state index contributed by atoms with van der Waals surface area (Å²) >= 11 is 0. The van der Waals surface area contributed by atoms with Crippen molar-refractivity contribution in [2.24, 2.45) is 0 Å². The van der Waals surface area contributed by atoms with Gasteiger partial charge in [-0.15, -0.1) is 0 Å². The number of unbranched alkanes of at least 4 members (excludes halogenated alkanes) is 1. The summed E-state index contributed by atoms with van der Waals surface area (Å²) in [6.07, 6.45) is 1.60. The van der Waals surface area contributed by atoms with E-state index in [1.165, 1.54) is 11.0 Å². The Hall–Kier alpha value is -5.97. The number of aromatic amines is 1. The van der Waals surface area contributed by atoms with Gasteiger partial charge in [0.2, 0.25) is 17.8 Å². The number of halogens is 3. The summed E-state index contributed by atoms with van der Waals surface area (Å²) in [5.41, 5.74) is 2.82. The van der Waals surface area contributed by atoms with E-state index in [4.69, 9.17) is 4.74 Å². The number of fused-ring (bicyclic) bond motifs is 2. The number of carbonyl (C=O) groups excluding carboxylic acids is 3. The van der Waals surface area contributed by atoms with Crippen LogP contribution in [0.2, 0.25) is 0 Å². The number of ether oxygens (including phenoxy) is 1. The molecule has 9 rings (SSSR count). The lowest BCUT2D eigenvalue weighted by Gasteiger charge is -2.43. The summed E-state index contributed by atoms with van der Waals surface area (Å²) in [7, 11) is -2.67. The van der Waals surface area contributed by atoms with E-state index >= 15 is 0 Å². The number of aromatic nitrogens is 3. The molecule has 2 aromatic heterocycles. The smallest absolute Gasteiger partial charge is 0.418 e. The van der Waals surface area contributed by atoms with Crippen molar-refractivity contribution < 1.29 is 36.9 Å². The SMILES string of the molecule is CCc1cc(Nc2nc(Nc3ccccc3P(C)(C)=O)c3cc[nH]c3n2)c(C(F)(F)F)cc1N1CCC(N2CCN(CCCCOc3cccc4c3CN(C3CCC(=O)NC3=O)C4=O)CC2)CC1. The van der Waals surface area contributed by atoms with Gasteiger partial charge in [-0.25, -0.2) is 0 Å². The fraction of sp³-hybridized carbons (Fsp3) is 0.449. The first-order valence-electron chi connectivity index (χ1n) is 23.5. The van der Waals surface area contributed by atoms with Gasteiger partial charge in [0, 0.05) is 80.0 Å². The highest BCUT2D eigenvalue weighted by molar-refractivity contribution is 7.70. The molecule has 1 unspecified atom stereocenters. The Labute approximate surface area is 393 Å². The van der Waals surface area contributed by atoms with Gasteiger partial charge in [-0.1, -0.05) is 25.1 Å². The van der Waals surface area contributed by atoms with Crippen molar-refractivity contribution in [3.63, 3.8) is 0 Å². The summed E-state index contributed by atoms with van der Waals surface area (Å²) in [6.45, 7) is 12.1. The lowest BCUT2D eigenvalue weighted by molar-refractivity contribution is -0.138. The second-order valence-electron chi connectivity index (χ2n) is 18.5. The van der Waals surface area contributed by atoms with Crippen LogP contribution in [-0.2, 0) is 33.3 Å². The number of aryl methyl sites for hydroxylation is 1. The Morgan fingerprint density at radius 1 is 0.882 bits per heavy atom. The van der Waals surface area contributed by atoms with Crippen molar-refractivity contribution in [3.8, 4) is 5.75 Å². The number of hydrogen-bond donors (Lipinski definition) is 4. The highest BCUT2D eigenvalue weighted by Crippen LogP contribution is 2.42. The molecule has 3 aromatic carbocycles. The molecule has 0 saturated carbocycles. The summed E-state index contributed by atoms with van der Waals surface area (Å²) in [5, 5.41) is 9.80. The number of anilines is 5. The minimum Gasteiger partial charge on any atom is -0.493 e. The molecule has 15 nitrogen and oxygen atoms in total. The number of amides is 3. The van der Waals surface area contributed by atoms with Gasteiger partial charge in [-0.05, 0) is 106 Å². The van der Waals surface area contributed by atoms with Crippen LogP contribution in [0.1, 0.15) is 72.5 Å². The lowest BCUT2D eigenvalue weighted by Crippen LogP contribution is -2.53. The van der Waals surface area contributed by atoms with Gasteiger partial charge in [0.15, 0.2) is 0 Å².